The van der Waals surface area contributed by atoms with Gasteiger partial charge in [0.05, 0.1) is 12.7 Å². The van der Waals surface area contributed by atoms with Gasteiger partial charge in [0.25, 0.3) is 5.91 Å². The molecule has 0 radical (unpaired) electrons. The van der Waals surface area contributed by atoms with E-state index in [1.165, 1.54) is 24.5 Å². The van der Waals surface area contributed by atoms with Crippen molar-refractivity contribution < 1.29 is 19.0 Å². The molecule has 0 saturated heterocycles. The van der Waals surface area contributed by atoms with E-state index in [1.807, 2.05) is 42.6 Å². The van der Waals surface area contributed by atoms with Crippen molar-refractivity contribution in [2.45, 2.75) is 20.1 Å². The van der Waals surface area contributed by atoms with Gasteiger partial charge in [0.2, 0.25) is 0 Å². The first-order valence-electron chi connectivity index (χ1n) is 8.91. The SMILES string of the molecule is CCN(Cc1ccc(OCc2cccs2)c(OC)c1)C(=O)c1cc[n+]([O-])cc1. The molecule has 146 valence electrons. The minimum Gasteiger partial charge on any atom is -0.619 e. The topological polar surface area (TPSA) is 65.7 Å². The number of nitrogens with zero attached hydrogens (tertiary/aromatic N) is 2. The average Bonchev–Trinajstić information content (AvgIpc) is 3.24. The molecular weight excluding hydrogens is 376 g/mol. The fourth-order valence-electron chi connectivity index (χ4n) is 2.76. The quantitative estimate of drug-likeness (QED) is 0.429. The molecule has 0 aliphatic carbocycles. The summed E-state index contributed by atoms with van der Waals surface area (Å²) < 4.78 is 12.0. The number of rotatable bonds is 8. The van der Waals surface area contributed by atoms with Crippen LogP contribution in [0.2, 0.25) is 0 Å². The van der Waals surface area contributed by atoms with Crippen molar-refractivity contribution in [3.05, 3.63) is 81.4 Å². The molecule has 0 spiro atoms. The number of pyridine rings is 1. The summed E-state index contributed by atoms with van der Waals surface area (Å²) in [5.41, 5.74) is 1.42. The highest BCUT2D eigenvalue weighted by Crippen LogP contribution is 2.30. The van der Waals surface area contributed by atoms with Gasteiger partial charge >= 0.3 is 0 Å². The number of methoxy groups -OCH3 is 1. The highest BCUT2D eigenvalue weighted by Gasteiger charge is 2.16. The number of aromatic nitrogens is 1. The maximum atomic E-state index is 12.7. The highest BCUT2D eigenvalue weighted by atomic mass is 32.1. The zero-order valence-corrected chi connectivity index (χ0v) is 16.6. The summed E-state index contributed by atoms with van der Waals surface area (Å²) in [5.74, 6) is 1.17. The van der Waals surface area contributed by atoms with E-state index in [4.69, 9.17) is 9.47 Å². The van der Waals surface area contributed by atoms with Crippen LogP contribution in [0.15, 0.2) is 60.2 Å². The minimum atomic E-state index is -0.125. The van der Waals surface area contributed by atoms with E-state index < -0.39 is 0 Å². The third-order valence-electron chi connectivity index (χ3n) is 4.27. The number of benzene rings is 1. The predicted molar refractivity (Wildman–Crippen MR) is 107 cm³/mol. The first kappa shape index (κ1) is 19.7. The smallest absolute Gasteiger partial charge is 0.254 e. The Morgan fingerprint density at radius 3 is 2.61 bits per heavy atom. The molecule has 2 heterocycles. The number of amides is 1. The van der Waals surface area contributed by atoms with E-state index in [2.05, 4.69) is 0 Å². The first-order valence-corrected chi connectivity index (χ1v) is 9.79. The number of carbonyl (C=O) groups is 1. The summed E-state index contributed by atoms with van der Waals surface area (Å²) in [5, 5.41) is 13.2. The predicted octanol–water partition coefficient (Wildman–Crippen LogP) is 3.63. The number of ether oxygens (including phenoxy) is 2. The van der Waals surface area contributed by atoms with Crippen LogP contribution in [0.5, 0.6) is 11.5 Å². The van der Waals surface area contributed by atoms with E-state index >= 15 is 0 Å². The summed E-state index contributed by atoms with van der Waals surface area (Å²) in [6.07, 6.45) is 2.65. The third-order valence-corrected chi connectivity index (χ3v) is 5.12. The lowest BCUT2D eigenvalue weighted by molar-refractivity contribution is -0.605. The van der Waals surface area contributed by atoms with Gasteiger partial charge in [-0.15, -0.1) is 11.3 Å². The fourth-order valence-corrected chi connectivity index (χ4v) is 3.37. The van der Waals surface area contributed by atoms with Gasteiger partial charge in [0, 0.05) is 30.1 Å². The van der Waals surface area contributed by atoms with Crippen LogP contribution in [0.25, 0.3) is 0 Å². The molecule has 0 bridgehead atoms. The Morgan fingerprint density at radius 1 is 1.18 bits per heavy atom. The maximum absolute atomic E-state index is 12.7. The Morgan fingerprint density at radius 2 is 1.96 bits per heavy atom. The van der Waals surface area contributed by atoms with Crippen molar-refractivity contribution in [1.29, 1.82) is 0 Å². The van der Waals surface area contributed by atoms with Crippen LogP contribution in [-0.4, -0.2) is 24.5 Å². The van der Waals surface area contributed by atoms with E-state index in [9.17, 15) is 10.0 Å². The molecule has 3 rings (SSSR count). The standard InChI is InChI=1S/C21H22N2O4S/c1-3-22(21(24)17-8-10-23(25)11-9-17)14-16-6-7-19(20(13-16)26-2)27-15-18-5-4-12-28-18/h4-13H,3,14-15H2,1-2H3. The summed E-state index contributed by atoms with van der Waals surface area (Å²) in [4.78, 5) is 15.6. The van der Waals surface area contributed by atoms with Gasteiger partial charge in [-0.2, -0.15) is 4.73 Å². The van der Waals surface area contributed by atoms with Crippen molar-refractivity contribution in [3.63, 3.8) is 0 Å². The van der Waals surface area contributed by atoms with Crippen LogP contribution in [0.3, 0.4) is 0 Å². The Bertz CT molecular complexity index is 911. The number of hydrogen-bond acceptors (Lipinski definition) is 5. The van der Waals surface area contributed by atoms with Crippen molar-refractivity contribution in [2.24, 2.45) is 0 Å². The maximum Gasteiger partial charge on any atom is 0.254 e. The zero-order chi connectivity index (χ0) is 19.9. The summed E-state index contributed by atoms with van der Waals surface area (Å²) in [7, 11) is 1.60. The highest BCUT2D eigenvalue weighted by molar-refractivity contribution is 7.09. The summed E-state index contributed by atoms with van der Waals surface area (Å²) in [6.45, 7) is 3.39. The van der Waals surface area contributed by atoms with Gasteiger partial charge < -0.3 is 19.6 Å². The summed E-state index contributed by atoms with van der Waals surface area (Å²) >= 11 is 1.64. The molecule has 0 fully saturated rings. The van der Waals surface area contributed by atoms with Gasteiger partial charge in [-0.25, -0.2) is 0 Å². The molecule has 0 N–H and O–H groups in total. The van der Waals surface area contributed by atoms with Crippen molar-refractivity contribution >= 4 is 17.2 Å². The minimum absolute atomic E-state index is 0.125. The number of carbonyl (C=O) groups excluding carboxylic acids is 1. The second kappa shape index (κ2) is 9.23. The molecule has 7 heteroatoms. The van der Waals surface area contributed by atoms with E-state index in [-0.39, 0.29) is 5.91 Å². The molecule has 28 heavy (non-hydrogen) atoms. The van der Waals surface area contributed by atoms with E-state index in [0.717, 1.165) is 10.4 Å². The molecule has 0 saturated carbocycles. The van der Waals surface area contributed by atoms with Crippen LogP contribution in [0.4, 0.5) is 0 Å². The molecule has 0 unspecified atom stereocenters. The van der Waals surface area contributed by atoms with Crippen molar-refractivity contribution in [1.82, 2.24) is 4.90 Å². The Balaban J connectivity index is 1.71. The molecule has 6 nitrogen and oxygen atoms in total. The van der Waals surface area contributed by atoms with Gasteiger partial charge in [-0.3, -0.25) is 4.79 Å². The molecule has 1 aromatic carbocycles. The largest absolute Gasteiger partial charge is 0.619 e. The third kappa shape index (κ3) is 4.80. The average molecular weight is 398 g/mol. The molecule has 0 aliphatic heterocycles. The lowest BCUT2D eigenvalue weighted by Crippen LogP contribution is -2.31. The normalized spacial score (nSPS) is 10.5. The van der Waals surface area contributed by atoms with Crippen LogP contribution < -0.4 is 14.2 Å². The van der Waals surface area contributed by atoms with Gasteiger partial charge in [-0.05, 0) is 36.1 Å². The van der Waals surface area contributed by atoms with E-state index in [1.54, 1.807) is 23.3 Å². The van der Waals surface area contributed by atoms with Crippen molar-refractivity contribution in [2.75, 3.05) is 13.7 Å². The van der Waals surface area contributed by atoms with Gasteiger partial charge in [-0.1, -0.05) is 12.1 Å². The molecule has 3 aromatic rings. The number of hydrogen-bond donors (Lipinski definition) is 0. The zero-order valence-electron chi connectivity index (χ0n) is 15.8. The Hall–Kier alpha value is -3.06. The Labute approximate surface area is 168 Å². The number of thiophene rings is 1. The molecule has 1 amide bonds. The molecule has 2 aromatic heterocycles. The Kier molecular flexibility index (Phi) is 6.49. The molecular formula is C21H22N2O4S. The fraction of sp³-hybridized carbons (Fsp3) is 0.238. The van der Waals surface area contributed by atoms with Crippen LogP contribution in [-0.2, 0) is 13.2 Å². The van der Waals surface area contributed by atoms with Crippen LogP contribution in [0.1, 0.15) is 27.7 Å². The monoisotopic (exact) mass is 398 g/mol. The molecule has 0 aliphatic rings. The second-order valence-electron chi connectivity index (χ2n) is 6.12. The van der Waals surface area contributed by atoms with Crippen LogP contribution >= 0.6 is 11.3 Å². The molecule has 0 atom stereocenters. The lowest BCUT2D eigenvalue weighted by atomic mass is 10.1. The summed E-state index contributed by atoms with van der Waals surface area (Å²) in [6, 6.07) is 12.7. The van der Waals surface area contributed by atoms with Crippen LogP contribution in [0, 0.1) is 5.21 Å². The van der Waals surface area contributed by atoms with Gasteiger partial charge in [0.1, 0.15) is 6.61 Å². The second-order valence-corrected chi connectivity index (χ2v) is 7.15. The van der Waals surface area contributed by atoms with E-state index in [0.29, 0.717) is 41.5 Å². The van der Waals surface area contributed by atoms with Gasteiger partial charge in [0.15, 0.2) is 23.9 Å². The van der Waals surface area contributed by atoms with Crippen molar-refractivity contribution in [3.8, 4) is 11.5 Å². The first-order chi connectivity index (χ1) is 13.6. The lowest BCUT2D eigenvalue weighted by Gasteiger charge is -2.21.